The smallest absolute Gasteiger partial charge is 0.257 e. The van der Waals surface area contributed by atoms with Gasteiger partial charge in [0.05, 0.1) is 17.8 Å². The quantitative estimate of drug-likeness (QED) is 0.676. The Labute approximate surface area is 167 Å². The molecular weight excluding hydrogens is 370 g/mol. The summed E-state index contributed by atoms with van der Waals surface area (Å²) in [5.41, 5.74) is 3.59. The van der Waals surface area contributed by atoms with Gasteiger partial charge in [-0.2, -0.15) is 0 Å². The van der Waals surface area contributed by atoms with E-state index in [0.29, 0.717) is 16.9 Å². The highest BCUT2D eigenvalue weighted by Gasteiger charge is 2.28. The van der Waals surface area contributed by atoms with Gasteiger partial charge < -0.3 is 5.32 Å². The standard InChI is InChI=1S/C21H19N5O3/c1-14-2-7-18(25-12-22-23-13-25)17(10-14)21(29)24-16-5-3-15(4-6-16)11-26-19(27)8-9-20(26)28/h2-7,10,12-13H,8-9,11H2,1H3,(H,24,29). The van der Waals surface area contributed by atoms with Gasteiger partial charge in [-0.05, 0) is 36.8 Å². The Morgan fingerprint density at radius 2 is 1.66 bits per heavy atom. The van der Waals surface area contributed by atoms with Crippen LogP contribution in [-0.2, 0) is 16.1 Å². The third-order valence-corrected chi connectivity index (χ3v) is 4.80. The molecule has 8 nitrogen and oxygen atoms in total. The van der Waals surface area contributed by atoms with Crippen molar-refractivity contribution >= 4 is 23.4 Å². The number of amides is 3. The lowest BCUT2D eigenvalue weighted by Gasteiger charge is -2.14. The van der Waals surface area contributed by atoms with Crippen LogP contribution in [0, 0.1) is 6.92 Å². The number of nitrogens with one attached hydrogen (secondary N) is 1. The Kier molecular flexibility index (Phi) is 4.90. The molecule has 29 heavy (non-hydrogen) atoms. The second-order valence-electron chi connectivity index (χ2n) is 6.91. The van der Waals surface area contributed by atoms with Gasteiger partial charge in [-0.3, -0.25) is 23.9 Å². The first-order chi connectivity index (χ1) is 14.0. The predicted molar refractivity (Wildman–Crippen MR) is 105 cm³/mol. The van der Waals surface area contributed by atoms with Gasteiger partial charge in [-0.25, -0.2) is 0 Å². The number of imide groups is 1. The monoisotopic (exact) mass is 389 g/mol. The fourth-order valence-electron chi connectivity index (χ4n) is 3.26. The van der Waals surface area contributed by atoms with Gasteiger partial charge in [0.25, 0.3) is 5.91 Å². The summed E-state index contributed by atoms with van der Waals surface area (Å²) >= 11 is 0. The highest BCUT2D eigenvalue weighted by atomic mass is 16.2. The van der Waals surface area contributed by atoms with Crippen LogP contribution >= 0.6 is 0 Å². The van der Waals surface area contributed by atoms with Crippen LogP contribution in [0.5, 0.6) is 0 Å². The summed E-state index contributed by atoms with van der Waals surface area (Å²) in [4.78, 5) is 37.6. The van der Waals surface area contributed by atoms with E-state index in [0.717, 1.165) is 11.1 Å². The number of carbonyl (C=O) groups excluding carboxylic acids is 3. The molecule has 1 fully saturated rings. The van der Waals surface area contributed by atoms with Crippen LogP contribution in [0.15, 0.2) is 55.1 Å². The highest BCUT2D eigenvalue weighted by molar-refractivity contribution is 6.07. The fourth-order valence-corrected chi connectivity index (χ4v) is 3.26. The first kappa shape index (κ1) is 18.5. The number of benzene rings is 2. The first-order valence-corrected chi connectivity index (χ1v) is 9.20. The maximum Gasteiger partial charge on any atom is 0.257 e. The molecule has 2 aromatic carbocycles. The van der Waals surface area contributed by atoms with Crippen molar-refractivity contribution in [2.45, 2.75) is 26.3 Å². The zero-order valence-corrected chi connectivity index (χ0v) is 15.8. The van der Waals surface area contributed by atoms with Crippen LogP contribution in [-0.4, -0.2) is 37.4 Å². The van der Waals surface area contributed by atoms with E-state index in [2.05, 4.69) is 15.5 Å². The van der Waals surface area contributed by atoms with Gasteiger partial charge in [0.2, 0.25) is 11.8 Å². The molecule has 1 N–H and O–H groups in total. The second kappa shape index (κ2) is 7.67. The minimum absolute atomic E-state index is 0.145. The summed E-state index contributed by atoms with van der Waals surface area (Å²) in [5.74, 6) is -0.545. The molecule has 1 aromatic heterocycles. The number of aryl methyl sites for hydroxylation is 1. The Morgan fingerprint density at radius 3 is 2.31 bits per heavy atom. The Morgan fingerprint density at radius 1 is 1.00 bits per heavy atom. The van der Waals surface area contributed by atoms with Crippen molar-refractivity contribution in [3.8, 4) is 5.69 Å². The molecule has 0 saturated carbocycles. The summed E-state index contributed by atoms with van der Waals surface area (Å²) in [6, 6.07) is 12.7. The Bertz CT molecular complexity index is 1060. The van der Waals surface area contributed by atoms with Gasteiger partial charge in [0.15, 0.2) is 0 Å². The van der Waals surface area contributed by atoms with Crippen LogP contribution < -0.4 is 5.32 Å². The van der Waals surface area contributed by atoms with Gasteiger partial charge in [-0.15, -0.1) is 10.2 Å². The zero-order chi connectivity index (χ0) is 20.4. The molecule has 0 atom stereocenters. The molecule has 8 heteroatoms. The zero-order valence-electron chi connectivity index (χ0n) is 15.8. The van der Waals surface area contributed by atoms with E-state index in [1.165, 1.54) is 17.6 Å². The molecule has 0 bridgehead atoms. The lowest BCUT2D eigenvalue weighted by atomic mass is 10.1. The molecule has 3 amide bonds. The van der Waals surface area contributed by atoms with Crippen LogP contribution in [0.3, 0.4) is 0 Å². The molecule has 1 aliphatic heterocycles. The molecule has 2 heterocycles. The van der Waals surface area contributed by atoms with E-state index in [1.807, 2.05) is 25.1 Å². The van der Waals surface area contributed by atoms with E-state index < -0.39 is 0 Å². The molecule has 3 aromatic rings. The van der Waals surface area contributed by atoms with E-state index in [9.17, 15) is 14.4 Å². The average Bonchev–Trinajstić information content (AvgIpc) is 3.35. The molecule has 0 radical (unpaired) electrons. The highest BCUT2D eigenvalue weighted by Crippen LogP contribution is 2.20. The molecule has 0 spiro atoms. The van der Waals surface area contributed by atoms with Gasteiger partial charge in [0, 0.05) is 18.5 Å². The number of carbonyl (C=O) groups is 3. The second-order valence-corrected chi connectivity index (χ2v) is 6.91. The van der Waals surface area contributed by atoms with Crippen molar-refractivity contribution in [3.05, 3.63) is 71.8 Å². The number of hydrogen-bond donors (Lipinski definition) is 1. The Balaban J connectivity index is 1.50. The lowest BCUT2D eigenvalue weighted by Crippen LogP contribution is -2.28. The first-order valence-electron chi connectivity index (χ1n) is 9.20. The molecule has 0 unspecified atom stereocenters. The number of rotatable bonds is 5. The van der Waals surface area contributed by atoms with Gasteiger partial charge >= 0.3 is 0 Å². The number of likely N-dealkylation sites (tertiary alicyclic amines) is 1. The van der Waals surface area contributed by atoms with Crippen molar-refractivity contribution in [1.29, 1.82) is 0 Å². The van der Waals surface area contributed by atoms with E-state index in [-0.39, 0.29) is 37.1 Å². The van der Waals surface area contributed by atoms with Gasteiger partial charge in [0.1, 0.15) is 12.7 Å². The minimum Gasteiger partial charge on any atom is -0.322 e. The van der Waals surface area contributed by atoms with Crippen molar-refractivity contribution < 1.29 is 14.4 Å². The summed E-state index contributed by atoms with van der Waals surface area (Å²) < 4.78 is 1.68. The SMILES string of the molecule is Cc1ccc(-n2cnnc2)c(C(=O)Nc2ccc(CN3C(=O)CCC3=O)cc2)c1. The number of nitrogens with zero attached hydrogens (tertiary/aromatic N) is 4. The van der Waals surface area contributed by atoms with Crippen LogP contribution in [0.25, 0.3) is 5.69 Å². The molecule has 146 valence electrons. The van der Waals surface area contributed by atoms with Crippen molar-refractivity contribution in [2.75, 3.05) is 5.32 Å². The van der Waals surface area contributed by atoms with Crippen LogP contribution in [0.1, 0.15) is 34.3 Å². The third-order valence-electron chi connectivity index (χ3n) is 4.80. The topological polar surface area (TPSA) is 97.2 Å². The summed E-state index contributed by atoms with van der Waals surface area (Å²) in [7, 11) is 0. The van der Waals surface area contributed by atoms with Crippen molar-refractivity contribution in [2.24, 2.45) is 0 Å². The fraction of sp³-hybridized carbons (Fsp3) is 0.190. The summed E-state index contributed by atoms with van der Waals surface area (Å²) in [6.07, 6.45) is 3.63. The number of aromatic nitrogens is 3. The van der Waals surface area contributed by atoms with Gasteiger partial charge in [-0.1, -0.05) is 23.8 Å². The van der Waals surface area contributed by atoms with Crippen molar-refractivity contribution in [1.82, 2.24) is 19.7 Å². The largest absolute Gasteiger partial charge is 0.322 e. The van der Waals surface area contributed by atoms with E-state index in [1.54, 1.807) is 28.8 Å². The van der Waals surface area contributed by atoms with E-state index in [4.69, 9.17) is 0 Å². The maximum absolute atomic E-state index is 12.9. The maximum atomic E-state index is 12.9. The Hall–Kier alpha value is -3.81. The van der Waals surface area contributed by atoms with Crippen molar-refractivity contribution in [3.63, 3.8) is 0 Å². The average molecular weight is 389 g/mol. The molecular formula is C21H19N5O3. The molecule has 4 rings (SSSR count). The lowest BCUT2D eigenvalue weighted by molar-refractivity contribution is -0.139. The number of anilines is 1. The summed E-state index contributed by atoms with van der Waals surface area (Å²) in [5, 5.41) is 10.5. The molecule has 1 saturated heterocycles. The minimum atomic E-state index is -0.255. The normalized spacial score (nSPS) is 13.8. The van der Waals surface area contributed by atoms with Crippen LogP contribution in [0.4, 0.5) is 5.69 Å². The summed E-state index contributed by atoms with van der Waals surface area (Å²) in [6.45, 7) is 2.17. The predicted octanol–water partition coefficient (Wildman–Crippen LogP) is 2.48. The molecule has 0 aliphatic carbocycles. The van der Waals surface area contributed by atoms with E-state index >= 15 is 0 Å². The third kappa shape index (κ3) is 3.91. The number of hydrogen-bond acceptors (Lipinski definition) is 5. The van der Waals surface area contributed by atoms with Crippen LogP contribution in [0.2, 0.25) is 0 Å². The molecule has 1 aliphatic rings.